The molecule has 0 spiro atoms. The maximum absolute atomic E-state index is 3.00. The van der Waals surface area contributed by atoms with Crippen LogP contribution in [-0.2, 0) is 7.05 Å². The van der Waals surface area contributed by atoms with Gasteiger partial charge in [-0.25, -0.2) is 4.57 Å². The second kappa shape index (κ2) is 8.37. The zero-order valence-corrected chi connectivity index (χ0v) is 7.71. The van der Waals surface area contributed by atoms with Crippen LogP contribution in [0.1, 0.15) is 0 Å². The number of halogens is 1. The molecule has 56 valence electrons. The van der Waals surface area contributed by atoms with E-state index in [9.17, 15) is 0 Å². The zero-order valence-electron chi connectivity index (χ0n) is 6.13. The Labute approximate surface area is 72.8 Å². The number of aromatic nitrogens is 1. The number of aryl methyl sites for hydroxylation is 1. The van der Waals surface area contributed by atoms with Crippen LogP contribution in [0, 0.1) is 0 Å². The fourth-order valence-corrected chi connectivity index (χ4v) is 0.485. The molecule has 0 saturated heterocycles. The number of hydrogen-bond donors (Lipinski definition) is 0. The summed E-state index contributed by atoms with van der Waals surface area (Å²) in [4.78, 5) is 0. The highest BCUT2D eigenvalue weighted by molar-refractivity contribution is 4.83. The molecule has 0 bridgehead atoms. The maximum atomic E-state index is 3.00. The molecule has 1 rings (SSSR count). The first-order valence-electron chi connectivity index (χ1n) is 2.80. The lowest BCUT2D eigenvalue weighted by Gasteiger charge is -1.77. The van der Waals surface area contributed by atoms with Gasteiger partial charge in [0.05, 0.1) is 0 Å². The van der Waals surface area contributed by atoms with E-state index in [1.165, 1.54) is 0 Å². The summed E-state index contributed by atoms with van der Waals surface area (Å²) in [5.41, 5.74) is 0. The molecule has 0 N–H and O–H groups in total. The van der Waals surface area contributed by atoms with Gasteiger partial charge in [-0.05, 0) is 0 Å². The Morgan fingerprint density at radius 3 is 1.60 bits per heavy atom. The highest BCUT2D eigenvalue weighted by Crippen LogP contribution is 1.71. The largest absolute Gasteiger partial charge is 1.00 e. The molecule has 1 nitrogen and oxygen atoms in total. The van der Waals surface area contributed by atoms with Crippen molar-refractivity contribution >= 4 is 0 Å². The van der Waals surface area contributed by atoms with Gasteiger partial charge in [0.15, 0.2) is 12.4 Å². The van der Waals surface area contributed by atoms with Gasteiger partial charge >= 0.3 is 0 Å². The summed E-state index contributed by atoms with van der Waals surface area (Å²) < 4.78 is 2.00. The van der Waals surface area contributed by atoms with Crippen LogP contribution in [0.15, 0.2) is 43.8 Å². The third-order valence-corrected chi connectivity index (χ3v) is 0.865. The molecule has 0 fully saturated rings. The quantitative estimate of drug-likeness (QED) is 0.349. The Bertz CT molecular complexity index is 151. The third kappa shape index (κ3) is 5.51. The van der Waals surface area contributed by atoms with Gasteiger partial charge in [-0.1, -0.05) is 6.07 Å². The van der Waals surface area contributed by atoms with Crippen LogP contribution in [0.2, 0.25) is 0 Å². The molecule has 0 aliphatic carbocycles. The summed E-state index contributed by atoms with van der Waals surface area (Å²) in [6.07, 6.45) is 4.00. The van der Waals surface area contributed by atoms with Crippen molar-refractivity contribution in [3.05, 3.63) is 43.8 Å². The molecule has 0 aliphatic rings. The maximum Gasteiger partial charge on any atom is 0.168 e. The number of pyridine rings is 1. The van der Waals surface area contributed by atoms with Crippen molar-refractivity contribution in [2.45, 2.75) is 0 Å². The molecule has 2 heteroatoms. The number of nitrogens with zero attached hydrogens (tertiary/aromatic N) is 1. The summed E-state index contributed by atoms with van der Waals surface area (Å²) in [5.74, 6) is 0. The predicted molar refractivity (Wildman–Crippen MR) is 38.9 cm³/mol. The Morgan fingerprint density at radius 2 is 1.40 bits per heavy atom. The van der Waals surface area contributed by atoms with Crippen molar-refractivity contribution < 1.29 is 21.5 Å². The van der Waals surface area contributed by atoms with Gasteiger partial charge in [0.2, 0.25) is 0 Å². The first kappa shape index (κ1) is 12.1. The van der Waals surface area contributed by atoms with E-state index in [0.717, 1.165) is 0 Å². The highest BCUT2D eigenvalue weighted by Gasteiger charge is 1.78. The van der Waals surface area contributed by atoms with E-state index in [1.54, 1.807) is 0 Å². The number of rotatable bonds is 0. The van der Waals surface area contributed by atoms with Gasteiger partial charge in [0.25, 0.3) is 0 Å². The van der Waals surface area contributed by atoms with Gasteiger partial charge in [0.1, 0.15) is 7.05 Å². The first-order chi connectivity index (χ1) is 4.39. The van der Waals surface area contributed by atoms with E-state index < -0.39 is 0 Å². The first-order valence-corrected chi connectivity index (χ1v) is 2.80. The molecule has 0 aromatic carbocycles. The van der Waals surface area contributed by atoms with Crippen LogP contribution in [0.3, 0.4) is 0 Å². The van der Waals surface area contributed by atoms with Gasteiger partial charge in [-0.3, -0.25) is 0 Å². The van der Waals surface area contributed by atoms with E-state index in [1.807, 2.05) is 42.2 Å². The minimum atomic E-state index is 0. The summed E-state index contributed by atoms with van der Waals surface area (Å²) in [6, 6.07) is 6.00. The monoisotopic (exact) mass is 201 g/mol. The molecule has 10 heavy (non-hydrogen) atoms. The van der Waals surface area contributed by atoms with Crippen LogP contribution in [0.25, 0.3) is 0 Å². The topological polar surface area (TPSA) is 3.88 Å². The zero-order chi connectivity index (χ0) is 7.11. The molecular weight excluding hydrogens is 190 g/mol. The lowest BCUT2D eigenvalue weighted by Crippen LogP contribution is -3.00. The van der Waals surface area contributed by atoms with Gasteiger partial charge < -0.3 is 17.0 Å². The molecule has 0 atom stereocenters. The van der Waals surface area contributed by atoms with Gasteiger partial charge in [-0.2, -0.15) is 0 Å². The Morgan fingerprint density at radius 1 is 1.00 bits per heavy atom. The third-order valence-electron chi connectivity index (χ3n) is 0.865. The lowest BCUT2D eigenvalue weighted by molar-refractivity contribution is -0.671. The molecular formula is C8H12BrN. The van der Waals surface area contributed by atoms with Crippen LogP contribution in [0.5, 0.6) is 0 Å². The van der Waals surface area contributed by atoms with E-state index in [4.69, 9.17) is 0 Å². The van der Waals surface area contributed by atoms with Crippen LogP contribution < -0.4 is 21.5 Å². The van der Waals surface area contributed by atoms with E-state index in [0.29, 0.717) is 0 Å². The van der Waals surface area contributed by atoms with Crippen molar-refractivity contribution in [1.82, 2.24) is 0 Å². The summed E-state index contributed by atoms with van der Waals surface area (Å²) in [7, 11) is 2.00. The average molecular weight is 202 g/mol. The molecule has 1 heterocycles. The average Bonchev–Trinajstić information content (AvgIpc) is 1.94. The summed E-state index contributed by atoms with van der Waals surface area (Å²) in [5, 5.41) is 0. The van der Waals surface area contributed by atoms with Gasteiger partial charge in [-0.15, -0.1) is 13.2 Å². The van der Waals surface area contributed by atoms with E-state index in [-0.39, 0.29) is 17.0 Å². The van der Waals surface area contributed by atoms with Crippen molar-refractivity contribution in [2.24, 2.45) is 7.05 Å². The second-order valence-electron chi connectivity index (χ2n) is 1.54. The standard InChI is InChI=1S/C6H8N.C2H4.BrH/c1-7-5-3-2-4-6-7;1-2;/h2-6H,1H3;1-2H2;1H/q+1;;/p-1. The molecule has 0 radical (unpaired) electrons. The summed E-state index contributed by atoms with van der Waals surface area (Å²) >= 11 is 0. The number of hydrogen-bond acceptors (Lipinski definition) is 0. The van der Waals surface area contributed by atoms with Crippen molar-refractivity contribution in [1.29, 1.82) is 0 Å². The van der Waals surface area contributed by atoms with Crippen molar-refractivity contribution in [3.8, 4) is 0 Å². The van der Waals surface area contributed by atoms with Crippen LogP contribution in [-0.4, -0.2) is 0 Å². The fourth-order valence-electron chi connectivity index (χ4n) is 0.485. The molecule has 0 amide bonds. The van der Waals surface area contributed by atoms with Crippen molar-refractivity contribution in [3.63, 3.8) is 0 Å². The van der Waals surface area contributed by atoms with E-state index in [2.05, 4.69) is 13.2 Å². The minimum absolute atomic E-state index is 0. The Kier molecular flexibility index (Phi) is 10.1. The smallest absolute Gasteiger partial charge is 0.168 e. The second-order valence-corrected chi connectivity index (χ2v) is 1.54. The highest BCUT2D eigenvalue weighted by atomic mass is 79.9. The SMILES string of the molecule is C=C.C[n+]1ccccc1.[Br-]. The van der Waals surface area contributed by atoms with Crippen molar-refractivity contribution in [2.75, 3.05) is 0 Å². The molecule has 0 aliphatic heterocycles. The molecule has 1 aromatic rings. The Hall–Kier alpha value is -0.630. The van der Waals surface area contributed by atoms with Crippen LogP contribution in [0.4, 0.5) is 0 Å². The summed E-state index contributed by atoms with van der Waals surface area (Å²) in [6.45, 7) is 6.00. The van der Waals surface area contributed by atoms with E-state index >= 15 is 0 Å². The molecule has 1 aromatic heterocycles. The Balaban J connectivity index is 0. The molecule has 0 unspecified atom stereocenters. The lowest BCUT2D eigenvalue weighted by atomic mass is 10.5. The normalized spacial score (nSPS) is 6.50. The molecule has 0 saturated carbocycles. The predicted octanol–water partition coefficient (Wildman–Crippen LogP) is -1.68. The minimum Gasteiger partial charge on any atom is -1.00 e. The van der Waals surface area contributed by atoms with Crippen LogP contribution >= 0.6 is 0 Å². The fraction of sp³-hybridized carbons (Fsp3) is 0.125. The van der Waals surface area contributed by atoms with Gasteiger partial charge in [0, 0.05) is 12.1 Å².